The lowest BCUT2D eigenvalue weighted by Gasteiger charge is -2.42. The highest BCUT2D eigenvalue weighted by atomic mass is 32.2. The molecule has 0 saturated heterocycles. The summed E-state index contributed by atoms with van der Waals surface area (Å²) in [6.07, 6.45) is -8.06. The van der Waals surface area contributed by atoms with Crippen molar-refractivity contribution < 1.29 is 92.2 Å². The van der Waals surface area contributed by atoms with Crippen LogP contribution in [0.1, 0.15) is 6.42 Å². The van der Waals surface area contributed by atoms with Crippen LogP contribution in [0, 0.1) is 0 Å². The standard InChI is InChI=1S/C16H11F17N2O3S2/c1-2-34-4-5-35(8(34)39-6-3-7-40(36,37)38)16(32,33)14(27,28)12(23,24)10(19,20)9(17,18)11(21,22)13(25,26)15(29,30)31/h2,4-5H,1,3,6-7H2/p+1. The van der Waals surface area contributed by atoms with Gasteiger partial charge in [-0.15, -0.1) is 0 Å². The highest BCUT2D eigenvalue weighted by molar-refractivity contribution is 7.99. The molecule has 1 heterocycles. The molecule has 0 aromatic carbocycles. The van der Waals surface area contributed by atoms with Crippen molar-refractivity contribution in [3.63, 3.8) is 0 Å². The highest BCUT2D eigenvalue weighted by Gasteiger charge is 2.96. The van der Waals surface area contributed by atoms with E-state index in [0.29, 0.717) is 6.20 Å². The molecule has 0 saturated carbocycles. The van der Waals surface area contributed by atoms with Gasteiger partial charge in [-0.25, -0.2) is 0 Å². The van der Waals surface area contributed by atoms with Crippen LogP contribution in [-0.2, 0) is 16.2 Å². The molecule has 0 unspecified atom stereocenters. The lowest BCUT2D eigenvalue weighted by molar-refractivity contribution is -0.875. The summed E-state index contributed by atoms with van der Waals surface area (Å²) in [6, 6.07) is -6.86. The molecule has 5 nitrogen and oxygen atoms in total. The molecule has 234 valence electrons. The van der Waals surface area contributed by atoms with Crippen LogP contribution >= 0.6 is 11.8 Å². The molecule has 0 radical (unpaired) electrons. The Labute approximate surface area is 215 Å². The summed E-state index contributed by atoms with van der Waals surface area (Å²) >= 11 is -0.136. The van der Waals surface area contributed by atoms with Crippen LogP contribution in [0.5, 0.6) is 0 Å². The van der Waals surface area contributed by atoms with E-state index in [1.54, 1.807) is 0 Å². The Morgan fingerprint density at radius 1 is 0.775 bits per heavy atom. The van der Waals surface area contributed by atoms with Gasteiger partial charge in [0, 0.05) is 5.75 Å². The van der Waals surface area contributed by atoms with Gasteiger partial charge in [-0.1, -0.05) is 6.58 Å². The third-order valence-corrected chi connectivity index (χ3v) is 6.75. The van der Waals surface area contributed by atoms with Gasteiger partial charge in [0.2, 0.25) is 0 Å². The van der Waals surface area contributed by atoms with Gasteiger partial charge in [-0.05, 0) is 18.2 Å². The highest BCUT2D eigenvalue weighted by Crippen LogP contribution is 2.64. The van der Waals surface area contributed by atoms with Crippen molar-refractivity contribution in [3.05, 3.63) is 19.0 Å². The summed E-state index contributed by atoms with van der Waals surface area (Å²) in [4.78, 5) is 0. The predicted molar refractivity (Wildman–Crippen MR) is 98.7 cm³/mol. The van der Waals surface area contributed by atoms with Gasteiger partial charge in [0.05, 0.1) is 12.0 Å². The van der Waals surface area contributed by atoms with Crippen LogP contribution in [0.15, 0.2) is 24.1 Å². The lowest BCUT2D eigenvalue weighted by atomic mass is 9.90. The minimum absolute atomic E-state index is 0.136. The van der Waals surface area contributed by atoms with E-state index in [9.17, 15) is 83.1 Å². The molecule has 0 spiro atoms. The second kappa shape index (κ2) is 10.4. The molecule has 1 aromatic heterocycles. The van der Waals surface area contributed by atoms with Crippen molar-refractivity contribution in [2.24, 2.45) is 0 Å². The molecule has 1 rings (SSSR count). The van der Waals surface area contributed by atoms with Gasteiger partial charge in [-0.3, -0.25) is 4.55 Å². The van der Waals surface area contributed by atoms with E-state index in [1.165, 1.54) is 0 Å². The fourth-order valence-electron chi connectivity index (χ4n) is 2.60. The normalized spacial score (nSPS) is 15.4. The molecular weight excluding hydrogens is 655 g/mol. The zero-order chi connectivity index (χ0) is 32.2. The molecule has 0 aliphatic carbocycles. The fourth-order valence-corrected chi connectivity index (χ4v) is 4.36. The number of halogens is 17. The van der Waals surface area contributed by atoms with Gasteiger partial charge >= 0.3 is 52.9 Å². The van der Waals surface area contributed by atoms with E-state index >= 15 is 0 Å². The van der Waals surface area contributed by atoms with Crippen LogP contribution in [0.3, 0.4) is 0 Å². The fraction of sp³-hybridized carbons (Fsp3) is 0.688. The first-order chi connectivity index (χ1) is 17.4. The topological polar surface area (TPSA) is 63.2 Å². The van der Waals surface area contributed by atoms with Gasteiger partial charge in [0.1, 0.15) is 12.4 Å². The second-order valence-corrected chi connectivity index (χ2v) is 10.1. The molecule has 0 aliphatic heterocycles. The van der Waals surface area contributed by atoms with Crippen LogP contribution < -0.4 is 4.57 Å². The summed E-state index contributed by atoms with van der Waals surface area (Å²) in [7, 11) is -4.68. The van der Waals surface area contributed by atoms with Crippen molar-refractivity contribution in [1.29, 1.82) is 0 Å². The first-order valence-electron chi connectivity index (χ1n) is 9.45. The number of rotatable bonds is 13. The monoisotopic (exact) mass is 667 g/mol. The number of hydrogen-bond acceptors (Lipinski definition) is 3. The molecule has 0 aliphatic rings. The Kier molecular flexibility index (Phi) is 9.36. The number of alkyl halides is 17. The molecule has 24 heteroatoms. The van der Waals surface area contributed by atoms with Gasteiger partial charge in [0.25, 0.3) is 10.1 Å². The first-order valence-corrected chi connectivity index (χ1v) is 12.0. The van der Waals surface area contributed by atoms with Crippen molar-refractivity contribution in [1.82, 2.24) is 4.57 Å². The van der Waals surface area contributed by atoms with Crippen LogP contribution in [-0.4, -0.2) is 70.8 Å². The van der Waals surface area contributed by atoms with E-state index < -0.39 is 85.5 Å². The maximum Gasteiger partial charge on any atom is 0.470 e. The second-order valence-electron chi connectivity index (χ2n) is 7.51. The summed E-state index contributed by atoms with van der Waals surface area (Å²) in [5, 5.41) is -1.41. The Balaban J connectivity index is 3.69. The Morgan fingerprint density at radius 3 is 1.55 bits per heavy atom. The van der Waals surface area contributed by atoms with Gasteiger partial charge in [0.15, 0.2) is 0 Å². The summed E-state index contributed by atoms with van der Waals surface area (Å²) < 4.78 is 259. The number of thioether (sulfide) groups is 1. The van der Waals surface area contributed by atoms with E-state index in [2.05, 4.69) is 6.58 Å². The average Bonchev–Trinajstić information content (AvgIpc) is 3.18. The van der Waals surface area contributed by atoms with Crippen LogP contribution in [0.25, 0.3) is 6.20 Å². The zero-order valence-electron chi connectivity index (χ0n) is 18.5. The molecule has 1 aromatic rings. The Morgan fingerprint density at radius 2 is 1.18 bits per heavy atom. The predicted octanol–water partition coefficient (Wildman–Crippen LogP) is 6.17. The average molecular weight is 667 g/mol. The molecule has 0 bridgehead atoms. The van der Waals surface area contributed by atoms with Crippen molar-refractivity contribution >= 4 is 28.1 Å². The number of nitrogens with zero attached hydrogens (tertiary/aromatic N) is 2. The lowest BCUT2D eigenvalue weighted by Crippen LogP contribution is -2.76. The largest absolute Gasteiger partial charge is 0.470 e. The van der Waals surface area contributed by atoms with E-state index in [-0.39, 0.29) is 28.7 Å². The number of hydrogen-bond donors (Lipinski definition) is 1. The quantitative estimate of drug-likeness (QED) is 0.0900. The van der Waals surface area contributed by atoms with Crippen molar-refractivity contribution in [2.75, 3.05) is 11.5 Å². The summed E-state index contributed by atoms with van der Waals surface area (Å²) in [5.41, 5.74) is 0. The maximum atomic E-state index is 14.6. The third kappa shape index (κ3) is 5.45. The van der Waals surface area contributed by atoms with Crippen LogP contribution in [0.2, 0.25) is 0 Å². The molecule has 0 atom stereocenters. The molecular formula is C16H12F17N2O3S2+. The Hall–Kier alpha value is -1.98. The minimum Gasteiger partial charge on any atom is -0.286 e. The first kappa shape index (κ1) is 36.0. The number of imidazole rings is 1. The minimum atomic E-state index is -8.74. The molecule has 40 heavy (non-hydrogen) atoms. The summed E-state index contributed by atoms with van der Waals surface area (Å²) in [6.45, 7) is 2.96. The van der Waals surface area contributed by atoms with Gasteiger partial charge in [-0.2, -0.15) is 92.2 Å². The smallest absolute Gasteiger partial charge is 0.286 e. The van der Waals surface area contributed by atoms with Gasteiger partial charge < -0.3 is 0 Å². The van der Waals surface area contributed by atoms with Crippen molar-refractivity contribution in [2.45, 2.75) is 59.3 Å². The molecule has 0 fully saturated rings. The Bertz CT molecular complexity index is 1190. The van der Waals surface area contributed by atoms with E-state index in [1.807, 2.05) is 0 Å². The van der Waals surface area contributed by atoms with Crippen LogP contribution in [0.4, 0.5) is 74.6 Å². The molecule has 1 N–H and O–H groups in total. The maximum absolute atomic E-state index is 14.6. The molecule has 0 amide bonds. The van der Waals surface area contributed by atoms with Crippen molar-refractivity contribution in [3.8, 4) is 0 Å². The SMILES string of the molecule is C=Cn1cc[n+](C(F)(F)C(F)(F)C(F)(F)C(F)(F)C(F)(F)C(F)(F)C(F)(F)C(F)(F)F)c1SCCCS(=O)(=O)O. The van der Waals surface area contributed by atoms with E-state index in [0.717, 1.165) is 0 Å². The van der Waals surface area contributed by atoms with E-state index in [4.69, 9.17) is 4.55 Å². The summed E-state index contributed by atoms with van der Waals surface area (Å²) in [5.74, 6) is -52.6. The third-order valence-electron chi connectivity index (χ3n) is 4.79. The zero-order valence-corrected chi connectivity index (χ0v) is 20.1. The number of aromatic nitrogens is 2.